The number of aryl methyl sites for hydroxylation is 1. The number of likely N-dealkylation sites (tertiary alicyclic amines) is 1. The summed E-state index contributed by atoms with van der Waals surface area (Å²) in [6, 6.07) is 8.13. The Hall–Kier alpha value is -2.27. The molecule has 0 saturated carbocycles. The molecule has 0 aliphatic carbocycles. The molecule has 0 unspecified atom stereocenters. The molecular weight excluding hydrogens is 324 g/mol. The largest absolute Gasteiger partial charge is 0.350 e. The van der Waals surface area contributed by atoms with E-state index in [1.807, 2.05) is 45.3 Å². The number of nitrogens with zero attached hydrogens (tertiary/aromatic N) is 3. The van der Waals surface area contributed by atoms with E-state index in [0.717, 1.165) is 49.4 Å². The highest BCUT2D eigenvalue weighted by Crippen LogP contribution is 2.30. The maximum absolute atomic E-state index is 12.6. The van der Waals surface area contributed by atoms with Crippen LogP contribution in [0.2, 0.25) is 0 Å². The van der Waals surface area contributed by atoms with E-state index in [-0.39, 0.29) is 11.9 Å². The Morgan fingerprint density at radius 1 is 1.19 bits per heavy atom. The minimum atomic E-state index is -0.0123. The summed E-state index contributed by atoms with van der Waals surface area (Å²) < 4.78 is 0. The average Bonchev–Trinajstić information content (AvgIpc) is 2.62. The van der Waals surface area contributed by atoms with Gasteiger partial charge in [-0.3, -0.25) is 19.7 Å². The molecule has 5 heteroatoms. The molecule has 2 aromatic rings. The maximum Gasteiger partial charge on any atom is 0.253 e. The minimum absolute atomic E-state index is 0.0123. The third-order valence-electron chi connectivity index (χ3n) is 4.86. The zero-order valence-electron chi connectivity index (χ0n) is 15.9. The number of carbonyl (C=O) groups excluding carboxylic acids is 1. The van der Waals surface area contributed by atoms with Crippen LogP contribution >= 0.6 is 0 Å². The van der Waals surface area contributed by atoms with Crippen LogP contribution in [-0.4, -0.2) is 39.9 Å². The molecule has 26 heavy (non-hydrogen) atoms. The first-order chi connectivity index (χ1) is 12.5. The average molecular weight is 352 g/mol. The summed E-state index contributed by atoms with van der Waals surface area (Å²) in [6.45, 7) is 8.96. The summed E-state index contributed by atoms with van der Waals surface area (Å²) in [5, 5.41) is 3.00. The van der Waals surface area contributed by atoms with Gasteiger partial charge in [-0.2, -0.15) is 0 Å². The van der Waals surface area contributed by atoms with Crippen molar-refractivity contribution < 1.29 is 4.79 Å². The third-order valence-corrected chi connectivity index (χ3v) is 4.86. The van der Waals surface area contributed by atoms with Crippen molar-refractivity contribution in [1.29, 1.82) is 0 Å². The Morgan fingerprint density at radius 3 is 2.54 bits per heavy atom. The van der Waals surface area contributed by atoms with Crippen LogP contribution in [0.25, 0.3) is 0 Å². The van der Waals surface area contributed by atoms with Crippen LogP contribution in [-0.2, 0) is 6.54 Å². The first-order valence-electron chi connectivity index (χ1n) is 9.42. The summed E-state index contributed by atoms with van der Waals surface area (Å²) in [6.07, 6.45) is 5.75. The molecule has 0 spiro atoms. The van der Waals surface area contributed by atoms with Crippen LogP contribution in [0.3, 0.4) is 0 Å². The molecular formula is C21H28N4O. The van der Waals surface area contributed by atoms with Gasteiger partial charge in [0.05, 0.1) is 11.3 Å². The van der Waals surface area contributed by atoms with Gasteiger partial charge in [0.25, 0.3) is 5.91 Å². The van der Waals surface area contributed by atoms with Crippen molar-refractivity contribution in [1.82, 2.24) is 20.2 Å². The number of nitrogens with one attached hydrogen (secondary N) is 1. The molecule has 0 radical (unpaired) electrons. The highest BCUT2D eigenvalue weighted by molar-refractivity contribution is 5.95. The second kappa shape index (κ2) is 8.41. The van der Waals surface area contributed by atoms with Crippen LogP contribution in [0.1, 0.15) is 59.9 Å². The van der Waals surface area contributed by atoms with Crippen molar-refractivity contribution >= 4 is 5.91 Å². The van der Waals surface area contributed by atoms with Gasteiger partial charge in [-0.15, -0.1) is 0 Å². The highest BCUT2D eigenvalue weighted by atomic mass is 16.1. The molecule has 1 saturated heterocycles. The van der Waals surface area contributed by atoms with Gasteiger partial charge >= 0.3 is 0 Å². The molecule has 2 aromatic heterocycles. The Labute approximate surface area is 155 Å². The number of piperidine rings is 1. The van der Waals surface area contributed by atoms with Crippen molar-refractivity contribution in [3.63, 3.8) is 0 Å². The zero-order chi connectivity index (χ0) is 18.5. The van der Waals surface area contributed by atoms with E-state index in [1.54, 1.807) is 0 Å². The molecule has 1 amide bonds. The fourth-order valence-corrected chi connectivity index (χ4v) is 3.53. The monoisotopic (exact) mass is 352 g/mol. The van der Waals surface area contributed by atoms with Gasteiger partial charge in [-0.05, 0) is 76.5 Å². The number of rotatable bonds is 5. The number of amides is 1. The number of hydrogen-bond acceptors (Lipinski definition) is 4. The molecule has 1 fully saturated rings. The zero-order valence-corrected chi connectivity index (χ0v) is 15.9. The molecule has 0 aromatic carbocycles. The smallest absolute Gasteiger partial charge is 0.253 e. The lowest BCUT2D eigenvalue weighted by Crippen LogP contribution is -2.35. The second-order valence-electron chi connectivity index (χ2n) is 7.42. The molecule has 0 atom stereocenters. The van der Waals surface area contributed by atoms with E-state index in [0.29, 0.717) is 5.92 Å². The third kappa shape index (κ3) is 4.67. The predicted molar refractivity (Wildman–Crippen MR) is 103 cm³/mol. The normalized spacial score (nSPS) is 16.0. The summed E-state index contributed by atoms with van der Waals surface area (Å²) >= 11 is 0. The van der Waals surface area contributed by atoms with Gasteiger partial charge < -0.3 is 5.32 Å². The first-order valence-corrected chi connectivity index (χ1v) is 9.42. The fraction of sp³-hybridized carbons (Fsp3) is 0.476. The Balaban J connectivity index is 1.69. The topological polar surface area (TPSA) is 58.1 Å². The van der Waals surface area contributed by atoms with Crippen molar-refractivity contribution in [3.05, 3.63) is 59.2 Å². The van der Waals surface area contributed by atoms with Crippen molar-refractivity contribution in [2.24, 2.45) is 0 Å². The van der Waals surface area contributed by atoms with Gasteiger partial charge in [0.1, 0.15) is 0 Å². The summed E-state index contributed by atoms with van der Waals surface area (Å²) in [5.41, 5.74) is 3.97. The van der Waals surface area contributed by atoms with Crippen molar-refractivity contribution in [2.75, 3.05) is 13.1 Å². The molecule has 1 aliphatic heterocycles. The lowest BCUT2D eigenvalue weighted by Gasteiger charge is -2.32. The van der Waals surface area contributed by atoms with Crippen molar-refractivity contribution in [3.8, 4) is 0 Å². The van der Waals surface area contributed by atoms with E-state index in [1.165, 1.54) is 5.56 Å². The molecule has 5 nitrogen and oxygen atoms in total. The molecule has 1 aliphatic rings. The van der Waals surface area contributed by atoms with Crippen LogP contribution in [0.5, 0.6) is 0 Å². The van der Waals surface area contributed by atoms with Gasteiger partial charge in [0, 0.05) is 36.6 Å². The Bertz CT molecular complexity index is 737. The van der Waals surface area contributed by atoms with Crippen LogP contribution in [0.4, 0.5) is 0 Å². The first kappa shape index (κ1) is 18.5. The fourth-order valence-electron chi connectivity index (χ4n) is 3.53. The summed E-state index contributed by atoms with van der Waals surface area (Å²) in [4.78, 5) is 23.9. The van der Waals surface area contributed by atoms with Gasteiger partial charge in [0.2, 0.25) is 0 Å². The lowest BCUT2D eigenvalue weighted by atomic mass is 9.89. The molecule has 3 heterocycles. The summed E-state index contributed by atoms with van der Waals surface area (Å²) in [5.74, 6) is 0.332. The molecule has 1 N–H and O–H groups in total. The highest BCUT2D eigenvalue weighted by Gasteiger charge is 2.26. The van der Waals surface area contributed by atoms with Crippen LogP contribution < -0.4 is 5.32 Å². The Morgan fingerprint density at radius 2 is 1.88 bits per heavy atom. The quantitative estimate of drug-likeness (QED) is 0.897. The minimum Gasteiger partial charge on any atom is -0.350 e. The van der Waals surface area contributed by atoms with Gasteiger partial charge in [-0.1, -0.05) is 0 Å². The number of carbonyl (C=O) groups is 1. The van der Waals surface area contributed by atoms with Crippen LogP contribution in [0.15, 0.2) is 36.7 Å². The Kier molecular flexibility index (Phi) is 5.99. The van der Waals surface area contributed by atoms with E-state index >= 15 is 0 Å². The number of pyridine rings is 2. The van der Waals surface area contributed by atoms with E-state index in [2.05, 4.69) is 27.3 Å². The second-order valence-corrected chi connectivity index (χ2v) is 7.42. The van der Waals surface area contributed by atoms with Crippen molar-refractivity contribution in [2.45, 2.75) is 52.1 Å². The molecule has 3 rings (SSSR count). The summed E-state index contributed by atoms with van der Waals surface area (Å²) in [7, 11) is 0. The number of hydrogen-bond donors (Lipinski definition) is 1. The molecule has 0 bridgehead atoms. The van der Waals surface area contributed by atoms with E-state index in [9.17, 15) is 4.79 Å². The SMILES string of the molecule is Cc1ccc(C(=O)NC(C)C)c(C2CCN(Cc3ccncc3)CC2)n1. The maximum atomic E-state index is 12.6. The van der Waals surface area contributed by atoms with Gasteiger partial charge in [-0.25, -0.2) is 0 Å². The lowest BCUT2D eigenvalue weighted by molar-refractivity contribution is 0.0940. The van der Waals surface area contributed by atoms with Gasteiger partial charge in [0.15, 0.2) is 0 Å². The van der Waals surface area contributed by atoms with E-state index < -0.39 is 0 Å². The van der Waals surface area contributed by atoms with Crippen LogP contribution in [0, 0.1) is 6.92 Å². The standard InChI is InChI=1S/C21H28N4O/c1-15(2)23-21(26)19-5-4-16(3)24-20(19)18-8-12-25(13-9-18)14-17-6-10-22-11-7-17/h4-7,10-11,15,18H,8-9,12-14H2,1-3H3,(H,23,26). The molecule has 138 valence electrons. The van der Waals surface area contributed by atoms with E-state index in [4.69, 9.17) is 4.98 Å². The predicted octanol–water partition coefficient (Wildman–Crippen LogP) is 3.30. The number of aromatic nitrogens is 2.